The average molecular weight is 535 g/mol. The minimum Gasteiger partial charge on any atom is -0.494 e. The molecular weight excluding hydrogens is 503 g/mol. The SMILES string of the molecule is C=CN/C(C=C(C)C)=C(C=C)\C=C(\c1nc(-c2ccc(C(C)F)cc2)cs1)c1cc(OCC)ccc1Cl. The lowest BCUT2D eigenvalue weighted by atomic mass is 10.0. The average Bonchev–Trinajstić information content (AvgIpc) is 3.36. The van der Waals surface area contributed by atoms with Crippen LogP contribution in [0.3, 0.4) is 0 Å². The molecule has 0 aliphatic carbocycles. The number of rotatable bonds is 11. The van der Waals surface area contributed by atoms with Crippen molar-refractivity contribution in [3.05, 3.63) is 123 Å². The van der Waals surface area contributed by atoms with Crippen LogP contribution in [0.5, 0.6) is 5.75 Å². The van der Waals surface area contributed by atoms with E-state index >= 15 is 0 Å². The van der Waals surface area contributed by atoms with Gasteiger partial charge in [0.15, 0.2) is 0 Å². The van der Waals surface area contributed by atoms with E-state index in [1.165, 1.54) is 18.3 Å². The molecule has 1 heterocycles. The lowest BCUT2D eigenvalue weighted by molar-refractivity contribution is 0.340. The highest BCUT2D eigenvalue weighted by atomic mass is 35.5. The molecule has 0 saturated heterocycles. The van der Waals surface area contributed by atoms with E-state index in [0.717, 1.165) is 50.0 Å². The third-order valence-electron chi connectivity index (χ3n) is 5.46. The van der Waals surface area contributed by atoms with Gasteiger partial charge in [-0.25, -0.2) is 9.37 Å². The minimum absolute atomic E-state index is 0.542. The first-order valence-corrected chi connectivity index (χ1v) is 13.3. The van der Waals surface area contributed by atoms with E-state index in [1.807, 2.05) is 68.6 Å². The maximum atomic E-state index is 13.7. The molecule has 1 aromatic heterocycles. The summed E-state index contributed by atoms with van der Waals surface area (Å²) in [7, 11) is 0. The van der Waals surface area contributed by atoms with E-state index in [1.54, 1.807) is 24.4 Å². The number of hydrogen-bond acceptors (Lipinski definition) is 4. The Kier molecular flexibility index (Phi) is 10.1. The van der Waals surface area contributed by atoms with Gasteiger partial charge in [-0.15, -0.1) is 11.3 Å². The van der Waals surface area contributed by atoms with Gasteiger partial charge in [-0.1, -0.05) is 60.7 Å². The Morgan fingerprint density at radius 2 is 1.89 bits per heavy atom. The Labute approximate surface area is 228 Å². The summed E-state index contributed by atoms with van der Waals surface area (Å²) in [5, 5.41) is 6.57. The van der Waals surface area contributed by atoms with Crippen LogP contribution in [0.15, 0.2) is 102 Å². The zero-order valence-corrected chi connectivity index (χ0v) is 23.2. The van der Waals surface area contributed by atoms with Crippen LogP contribution in [0.25, 0.3) is 16.8 Å². The normalized spacial score (nSPS) is 12.9. The summed E-state index contributed by atoms with van der Waals surface area (Å²) < 4.78 is 19.4. The molecule has 6 heteroatoms. The van der Waals surface area contributed by atoms with Crippen molar-refractivity contribution in [2.45, 2.75) is 33.9 Å². The lowest BCUT2D eigenvalue weighted by Crippen LogP contribution is -2.05. The van der Waals surface area contributed by atoms with Gasteiger partial charge in [-0.2, -0.15) is 0 Å². The highest BCUT2D eigenvalue weighted by Crippen LogP contribution is 2.37. The number of allylic oxidation sites excluding steroid dienone is 5. The van der Waals surface area contributed by atoms with Gasteiger partial charge in [0.25, 0.3) is 0 Å². The van der Waals surface area contributed by atoms with Gasteiger partial charge < -0.3 is 10.1 Å². The van der Waals surface area contributed by atoms with Crippen LogP contribution in [-0.4, -0.2) is 11.6 Å². The quantitative estimate of drug-likeness (QED) is 0.249. The number of alkyl halides is 1. The van der Waals surface area contributed by atoms with Crippen molar-refractivity contribution < 1.29 is 9.13 Å². The van der Waals surface area contributed by atoms with Crippen molar-refractivity contribution >= 4 is 28.5 Å². The monoisotopic (exact) mass is 534 g/mol. The zero-order valence-electron chi connectivity index (χ0n) is 21.6. The third-order valence-corrected chi connectivity index (χ3v) is 6.67. The number of thiazole rings is 1. The second-order valence-electron chi connectivity index (χ2n) is 8.55. The molecule has 0 spiro atoms. The van der Waals surface area contributed by atoms with E-state index < -0.39 is 6.17 Å². The first-order valence-electron chi connectivity index (χ1n) is 12.0. The summed E-state index contributed by atoms with van der Waals surface area (Å²) >= 11 is 8.23. The fourth-order valence-corrected chi connectivity index (χ4v) is 4.76. The minimum atomic E-state index is -1.02. The predicted octanol–water partition coefficient (Wildman–Crippen LogP) is 9.46. The van der Waals surface area contributed by atoms with E-state index in [9.17, 15) is 4.39 Å². The summed E-state index contributed by atoms with van der Waals surface area (Å²) in [4.78, 5) is 4.95. The van der Waals surface area contributed by atoms with Gasteiger partial charge in [0.1, 0.15) is 16.9 Å². The molecule has 0 saturated carbocycles. The Morgan fingerprint density at radius 1 is 1.16 bits per heavy atom. The van der Waals surface area contributed by atoms with Gasteiger partial charge in [0, 0.05) is 32.8 Å². The summed E-state index contributed by atoms with van der Waals surface area (Å²) in [6.07, 6.45) is 6.46. The molecule has 0 bridgehead atoms. The van der Waals surface area contributed by atoms with E-state index in [4.69, 9.17) is 21.3 Å². The van der Waals surface area contributed by atoms with Crippen molar-refractivity contribution in [1.82, 2.24) is 10.3 Å². The highest BCUT2D eigenvalue weighted by molar-refractivity contribution is 7.11. The maximum absolute atomic E-state index is 13.7. The fourth-order valence-electron chi connectivity index (χ4n) is 3.68. The van der Waals surface area contributed by atoms with E-state index in [0.29, 0.717) is 17.2 Å². The molecule has 1 N–H and O–H groups in total. The molecule has 3 rings (SSSR count). The van der Waals surface area contributed by atoms with Crippen molar-refractivity contribution in [2.24, 2.45) is 0 Å². The van der Waals surface area contributed by atoms with Crippen LogP contribution in [0.1, 0.15) is 50.0 Å². The smallest absolute Gasteiger partial charge is 0.124 e. The Bertz CT molecular complexity index is 1350. The molecule has 2 aromatic carbocycles. The molecule has 192 valence electrons. The first kappa shape index (κ1) is 28.2. The second kappa shape index (κ2) is 13.2. The topological polar surface area (TPSA) is 34.2 Å². The maximum Gasteiger partial charge on any atom is 0.124 e. The van der Waals surface area contributed by atoms with Crippen LogP contribution >= 0.6 is 22.9 Å². The first-order chi connectivity index (χ1) is 17.8. The van der Waals surface area contributed by atoms with Crippen molar-refractivity contribution in [3.8, 4) is 17.0 Å². The number of hydrogen-bond donors (Lipinski definition) is 1. The van der Waals surface area contributed by atoms with Crippen LogP contribution in [-0.2, 0) is 0 Å². The number of halogens is 2. The summed E-state index contributed by atoms with van der Waals surface area (Å²) in [5.41, 5.74) is 6.82. The molecule has 0 radical (unpaired) electrons. The molecular formula is C31H32ClFN2OS. The van der Waals surface area contributed by atoms with Gasteiger partial charge in [-0.3, -0.25) is 0 Å². The summed E-state index contributed by atoms with van der Waals surface area (Å²) in [6, 6.07) is 13.0. The molecule has 37 heavy (non-hydrogen) atoms. The molecule has 0 amide bonds. The van der Waals surface area contributed by atoms with Crippen molar-refractivity contribution in [3.63, 3.8) is 0 Å². The number of nitrogens with zero attached hydrogens (tertiary/aromatic N) is 1. The second-order valence-corrected chi connectivity index (χ2v) is 9.82. The van der Waals surface area contributed by atoms with Crippen LogP contribution in [0, 0.1) is 0 Å². The third kappa shape index (κ3) is 7.31. The molecule has 1 unspecified atom stereocenters. The number of nitrogens with one attached hydrogen (secondary N) is 1. The standard InChI is InChI=1S/C31H32ClFN2OS/c1-7-22(29(34-8-2)16-20(4)5)17-27(26-18-25(36-9-3)14-15-28(26)32)31-35-30(19-37-31)24-12-10-23(11-13-24)21(6)33/h7-8,10-19,21,34H,1-2,9H2,3-6H3/b27-17+,29-22-. The van der Waals surface area contributed by atoms with Crippen LogP contribution in [0.4, 0.5) is 4.39 Å². The van der Waals surface area contributed by atoms with Gasteiger partial charge in [-0.05, 0) is 75.4 Å². The van der Waals surface area contributed by atoms with Crippen molar-refractivity contribution in [1.29, 1.82) is 0 Å². The zero-order chi connectivity index (χ0) is 26.9. The largest absolute Gasteiger partial charge is 0.494 e. The van der Waals surface area contributed by atoms with Crippen LogP contribution in [0.2, 0.25) is 5.02 Å². The Balaban J connectivity index is 2.22. The number of aromatic nitrogens is 1. The Morgan fingerprint density at radius 3 is 2.49 bits per heavy atom. The molecule has 0 aliphatic heterocycles. The fraction of sp³-hybridized carbons (Fsp3) is 0.194. The van der Waals surface area contributed by atoms with Crippen LogP contribution < -0.4 is 10.1 Å². The summed E-state index contributed by atoms with van der Waals surface area (Å²) in [5.74, 6) is 0.721. The molecule has 3 nitrogen and oxygen atoms in total. The molecule has 0 aliphatic rings. The van der Waals surface area contributed by atoms with Gasteiger partial charge in [0.2, 0.25) is 0 Å². The van der Waals surface area contributed by atoms with Gasteiger partial charge >= 0.3 is 0 Å². The lowest BCUT2D eigenvalue weighted by Gasteiger charge is -2.13. The highest BCUT2D eigenvalue weighted by Gasteiger charge is 2.17. The number of benzene rings is 2. The number of ether oxygens (including phenoxy) is 1. The van der Waals surface area contributed by atoms with Gasteiger partial charge in [0.05, 0.1) is 12.3 Å². The Hall–Kier alpha value is -3.41. The van der Waals surface area contributed by atoms with Crippen molar-refractivity contribution in [2.75, 3.05) is 6.61 Å². The van der Waals surface area contributed by atoms with E-state index in [-0.39, 0.29) is 0 Å². The molecule has 3 aromatic rings. The predicted molar refractivity (Wildman–Crippen MR) is 157 cm³/mol. The summed E-state index contributed by atoms with van der Waals surface area (Å²) in [6.45, 7) is 15.9. The molecule has 1 atom stereocenters. The van der Waals surface area contributed by atoms with E-state index in [2.05, 4.69) is 18.5 Å². The molecule has 0 fully saturated rings.